The SMILES string of the molecule is C#CCSCCNc1ccc([N+](=O)[O-])cc1C(=O)O. The summed E-state index contributed by atoms with van der Waals surface area (Å²) in [5, 5.41) is 22.5. The molecular weight excluding hydrogens is 268 g/mol. The Labute approximate surface area is 114 Å². The average Bonchev–Trinajstić information content (AvgIpc) is 2.38. The van der Waals surface area contributed by atoms with Gasteiger partial charge in [0.2, 0.25) is 0 Å². The maximum Gasteiger partial charge on any atom is 0.338 e. The molecule has 1 rings (SSSR count). The van der Waals surface area contributed by atoms with Crippen LogP contribution < -0.4 is 5.32 Å². The Hall–Kier alpha value is -2.20. The second kappa shape index (κ2) is 7.28. The van der Waals surface area contributed by atoms with Gasteiger partial charge in [-0.2, -0.15) is 0 Å². The first-order valence-electron chi connectivity index (χ1n) is 5.33. The minimum atomic E-state index is -1.21. The number of non-ortho nitro benzene ring substituents is 1. The Bertz CT molecular complexity index is 525. The monoisotopic (exact) mass is 280 g/mol. The number of nitro benzene ring substituents is 1. The number of carbonyl (C=O) groups is 1. The zero-order valence-corrected chi connectivity index (χ0v) is 10.8. The van der Waals surface area contributed by atoms with Gasteiger partial charge in [-0.1, -0.05) is 5.92 Å². The van der Waals surface area contributed by atoms with E-state index in [9.17, 15) is 14.9 Å². The van der Waals surface area contributed by atoms with E-state index in [2.05, 4.69) is 11.2 Å². The van der Waals surface area contributed by atoms with Crippen LogP contribution in [-0.4, -0.2) is 34.0 Å². The Morgan fingerprint density at radius 3 is 2.89 bits per heavy atom. The number of nitrogens with one attached hydrogen (secondary N) is 1. The summed E-state index contributed by atoms with van der Waals surface area (Å²) in [4.78, 5) is 21.0. The predicted molar refractivity (Wildman–Crippen MR) is 74.7 cm³/mol. The van der Waals surface area contributed by atoms with E-state index < -0.39 is 10.9 Å². The van der Waals surface area contributed by atoms with E-state index in [0.717, 1.165) is 11.8 Å². The summed E-state index contributed by atoms with van der Waals surface area (Å²) < 4.78 is 0. The molecule has 0 saturated heterocycles. The van der Waals surface area contributed by atoms with Crippen molar-refractivity contribution < 1.29 is 14.8 Å². The Morgan fingerprint density at radius 1 is 1.58 bits per heavy atom. The number of benzene rings is 1. The van der Waals surface area contributed by atoms with Crippen molar-refractivity contribution >= 4 is 29.1 Å². The molecule has 0 atom stereocenters. The minimum Gasteiger partial charge on any atom is -0.478 e. The number of nitrogens with zero attached hydrogens (tertiary/aromatic N) is 1. The van der Waals surface area contributed by atoms with Crippen LogP contribution in [0.15, 0.2) is 18.2 Å². The molecule has 0 radical (unpaired) electrons. The molecule has 0 aromatic heterocycles. The quantitative estimate of drug-likeness (QED) is 0.344. The molecule has 0 saturated carbocycles. The number of carboxylic acids is 1. The van der Waals surface area contributed by atoms with Gasteiger partial charge in [0.05, 0.1) is 16.2 Å². The van der Waals surface area contributed by atoms with E-state index in [0.29, 0.717) is 18.0 Å². The number of nitro groups is 1. The van der Waals surface area contributed by atoms with Gasteiger partial charge >= 0.3 is 5.97 Å². The third-order valence-electron chi connectivity index (χ3n) is 2.19. The predicted octanol–water partition coefficient (Wildman–Crippen LogP) is 2.07. The Kier molecular flexibility index (Phi) is 5.70. The normalized spacial score (nSPS) is 9.63. The molecule has 0 aliphatic heterocycles. The van der Waals surface area contributed by atoms with Crippen LogP contribution in [0.5, 0.6) is 0 Å². The van der Waals surface area contributed by atoms with E-state index >= 15 is 0 Å². The second-order valence-electron chi connectivity index (χ2n) is 3.48. The van der Waals surface area contributed by atoms with Gasteiger partial charge in [-0.05, 0) is 6.07 Å². The number of rotatable bonds is 7. The summed E-state index contributed by atoms with van der Waals surface area (Å²) in [6, 6.07) is 3.70. The molecule has 1 aromatic rings. The lowest BCUT2D eigenvalue weighted by molar-refractivity contribution is -0.384. The highest BCUT2D eigenvalue weighted by Gasteiger charge is 2.15. The van der Waals surface area contributed by atoms with Gasteiger partial charge in [0.1, 0.15) is 0 Å². The molecule has 0 aliphatic rings. The van der Waals surface area contributed by atoms with Gasteiger partial charge in [0.25, 0.3) is 5.69 Å². The Balaban J connectivity index is 2.75. The first kappa shape index (κ1) is 14.9. The molecule has 6 nitrogen and oxygen atoms in total. The number of hydrogen-bond acceptors (Lipinski definition) is 5. The highest BCUT2D eigenvalue weighted by molar-refractivity contribution is 7.99. The fourth-order valence-corrected chi connectivity index (χ4v) is 1.87. The number of terminal acetylenes is 1. The van der Waals surface area contributed by atoms with E-state index in [4.69, 9.17) is 11.5 Å². The van der Waals surface area contributed by atoms with Crippen LogP contribution in [0, 0.1) is 22.5 Å². The van der Waals surface area contributed by atoms with E-state index in [1.807, 2.05) is 0 Å². The summed E-state index contributed by atoms with van der Waals surface area (Å²) in [5.41, 5.74) is 0.000198. The summed E-state index contributed by atoms with van der Waals surface area (Å²) in [6.07, 6.45) is 5.10. The van der Waals surface area contributed by atoms with Crippen LogP contribution in [0.1, 0.15) is 10.4 Å². The third-order valence-corrected chi connectivity index (χ3v) is 3.06. The fourth-order valence-electron chi connectivity index (χ4n) is 1.37. The first-order chi connectivity index (χ1) is 9.06. The molecule has 2 N–H and O–H groups in total. The van der Waals surface area contributed by atoms with Crippen LogP contribution in [0.4, 0.5) is 11.4 Å². The zero-order chi connectivity index (χ0) is 14.3. The van der Waals surface area contributed by atoms with Gasteiger partial charge in [0.15, 0.2) is 0 Å². The molecule has 100 valence electrons. The second-order valence-corrected chi connectivity index (χ2v) is 4.58. The van der Waals surface area contributed by atoms with Crippen LogP contribution in [0.3, 0.4) is 0 Å². The summed E-state index contributed by atoms with van der Waals surface area (Å²) in [5.74, 6) is 2.59. The summed E-state index contributed by atoms with van der Waals surface area (Å²) >= 11 is 1.54. The van der Waals surface area contributed by atoms with Crippen molar-refractivity contribution in [3.05, 3.63) is 33.9 Å². The smallest absolute Gasteiger partial charge is 0.338 e. The molecule has 0 aliphatic carbocycles. The summed E-state index contributed by atoms with van der Waals surface area (Å²) in [6.45, 7) is 0.532. The molecular formula is C12H12N2O4S. The maximum atomic E-state index is 11.0. The lowest BCUT2D eigenvalue weighted by atomic mass is 10.1. The zero-order valence-electron chi connectivity index (χ0n) is 9.96. The van der Waals surface area contributed by atoms with Crippen molar-refractivity contribution in [2.45, 2.75) is 0 Å². The van der Waals surface area contributed by atoms with Gasteiger partial charge < -0.3 is 10.4 Å². The molecule has 0 fully saturated rings. The van der Waals surface area contributed by atoms with Gasteiger partial charge in [-0.3, -0.25) is 10.1 Å². The molecule has 0 amide bonds. The lowest BCUT2D eigenvalue weighted by Gasteiger charge is -2.08. The molecule has 19 heavy (non-hydrogen) atoms. The standard InChI is InChI=1S/C12H12N2O4S/c1-2-6-19-7-5-13-11-4-3-9(14(17)18)8-10(11)12(15)16/h1,3-4,8,13H,5-7H2,(H,15,16). The van der Waals surface area contributed by atoms with Crippen molar-refractivity contribution in [3.8, 4) is 12.3 Å². The van der Waals surface area contributed by atoms with Crippen molar-refractivity contribution in [1.82, 2.24) is 0 Å². The van der Waals surface area contributed by atoms with Gasteiger partial charge in [-0.15, -0.1) is 18.2 Å². The van der Waals surface area contributed by atoms with Crippen molar-refractivity contribution in [2.24, 2.45) is 0 Å². The van der Waals surface area contributed by atoms with Crippen LogP contribution in [0.25, 0.3) is 0 Å². The van der Waals surface area contributed by atoms with E-state index in [1.165, 1.54) is 12.1 Å². The number of anilines is 1. The third kappa shape index (κ3) is 4.52. The Morgan fingerprint density at radius 2 is 2.32 bits per heavy atom. The molecule has 0 heterocycles. The molecule has 0 bridgehead atoms. The highest BCUT2D eigenvalue weighted by Crippen LogP contribution is 2.22. The molecule has 7 heteroatoms. The fraction of sp³-hybridized carbons (Fsp3) is 0.250. The number of hydrogen-bond donors (Lipinski definition) is 2. The van der Waals surface area contributed by atoms with Crippen LogP contribution in [-0.2, 0) is 0 Å². The van der Waals surface area contributed by atoms with E-state index in [-0.39, 0.29) is 11.3 Å². The van der Waals surface area contributed by atoms with Crippen molar-refractivity contribution in [2.75, 3.05) is 23.4 Å². The van der Waals surface area contributed by atoms with E-state index in [1.54, 1.807) is 11.8 Å². The number of thioether (sulfide) groups is 1. The molecule has 0 spiro atoms. The largest absolute Gasteiger partial charge is 0.478 e. The average molecular weight is 280 g/mol. The van der Waals surface area contributed by atoms with Gasteiger partial charge in [-0.25, -0.2) is 4.79 Å². The summed E-state index contributed by atoms with van der Waals surface area (Å²) in [7, 11) is 0. The van der Waals surface area contributed by atoms with Crippen molar-refractivity contribution in [1.29, 1.82) is 0 Å². The molecule has 0 unspecified atom stereocenters. The van der Waals surface area contributed by atoms with Crippen LogP contribution in [0.2, 0.25) is 0 Å². The first-order valence-corrected chi connectivity index (χ1v) is 6.48. The minimum absolute atomic E-state index is 0.115. The van der Waals surface area contributed by atoms with Crippen molar-refractivity contribution in [3.63, 3.8) is 0 Å². The maximum absolute atomic E-state index is 11.0. The molecule has 1 aromatic carbocycles. The number of aromatic carboxylic acids is 1. The lowest BCUT2D eigenvalue weighted by Crippen LogP contribution is -2.09. The van der Waals surface area contributed by atoms with Gasteiger partial charge in [0, 0.05) is 30.1 Å². The topological polar surface area (TPSA) is 92.5 Å². The number of carboxylic acid groups (broad SMARTS) is 1. The highest BCUT2D eigenvalue weighted by atomic mass is 32.2. The van der Waals surface area contributed by atoms with Crippen LogP contribution >= 0.6 is 11.8 Å².